The van der Waals surface area contributed by atoms with Crippen molar-refractivity contribution in [3.05, 3.63) is 81.9 Å². The highest BCUT2D eigenvalue weighted by Crippen LogP contribution is 2.41. The molecule has 0 amide bonds. The maximum Gasteiger partial charge on any atom is 0.0461 e. The van der Waals surface area contributed by atoms with E-state index in [1.165, 1.54) is 56.6 Å². The van der Waals surface area contributed by atoms with Gasteiger partial charge in [-0.25, -0.2) is 0 Å². The Labute approximate surface area is 192 Å². The van der Waals surface area contributed by atoms with Crippen molar-refractivity contribution in [3.8, 4) is 11.1 Å². The van der Waals surface area contributed by atoms with Gasteiger partial charge >= 0.3 is 0 Å². The van der Waals surface area contributed by atoms with Crippen molar-refractivity contribution in [2.45, 2.75) is 59.9 Å². The minimum absolute atomic E-state index is 0.573. The van der Waals surface area contributed by atoms with Gasteiger partial charge in [-0.2, -0.15) is 0 Å². The van der Waals surface area contributed by atoms with Crippen molar-refractivity contribution >= 4 is 11.1 Å². The molecule has 164 valence electrons. The molecule has 3 nitrogen and oxygen atoms in total. The zero-order chi connectivity index (χ0) is 22.2. The molecule has 0 saturated carbocycles. The molecule has 1 N–H and O–H groups in total. The van der Waals surface area contributed by atoms with Crippen molar-refractivity contribution in [2.75, 3.05) is 6.54 Å². The summed E-state index contributed by atoms with van der Waals surface area (Å²) in [7, 11) is 0. The average molecular weight is 424 g/mol. The lowest BCUT2D eigenvalue weighted by molar-refractivity contribution is 0.592. The zero-order valence-electron chi connectivity index (χ0n) is 19.8. The number of nitrogens with zero attached hydrogens (tertiary/aromatic N) is 2. The maximum absolute atomic E-state index is 4.78. The summed E-state index contributed by atoms with van der Waals surface area (Å²) in [6.07, 6.45) is 6.56. The van der Waals surface area contributed by atoms with Crippen LogP contribution in [0, 0.1) is 19.8 Å². The molecule has 1 atom stereocenters. The molecule has 1 aromatic carbocycles. The van der Waals surface area contributed by atoms with Crippen molar-refractivity contribution in [1.29, 1.82) is 0 Å². The Kier molecular flexibility index (Phi) is 5.69. The minimum atomic E-state index is 0.573. The summed E-state index contributed by atoms with van der Waals surface area (Å²) in [6.45, 7) is 10.8. The Morgan fingerprint density at radius 1 is 0.906 bits per heavy atom. The van der Waals surface area contributed by atoms with Crippen molar-refractivity contribution in [2.24, 2.45) is 5.92 Å². The Morgan fingerprint density at radius 3 is 2.47 bits per heavy atom. The molecule has 0 saturated heterocycles. The van der Waals surface area contributed by atoms with Crippen LogP contribution in [0.4, 0.5) is 0 Å². The number of hydrogen-bond acceptors (Lipinski definition) is 3. The number of allylic oxidation sites excluding steroid dienone is 2. The molecule has 0 radical (unpaired) electrons. The van der Waals surface area contributed by atoms with E-state index < -0.39 is 0 Å². The Bertz CT molecular complexity index is 1180. The summed E-state index contributed by atoms with van der Waals surface area (Å²) in [5.41, 5.74) is 14.5. The van der Waals surface area contributed by atoms with Crippen LogP contribution in [0.15, 0.2) is 42.6 Å². The van der Waals surface area contributed by atoms with Gasteiger partial charge in [0.1, 0.15) is 0 Å². The summed E-state index contributed by atoms with van der Waals surface area (Å²) in [5, 5.41) is 3.47. The highest BCUT2D eigenvalue weighted by molar-refractivity contribution is 5.93. The fourth-order valence-electron chi connectivity index (χ4n) is 5.63. The molecule has 3 aromatic rings. The van der Waals surface area contributed by atoms with Crippen LogP contribution in [0.3, 0.4) is 0 Å². The summed E-state index contributed by atoms with van der Waals surface area (Å²) in [5.74, 6) is 0.573. The molecule has 1 aliphatic heterocycles. The summed E-state index contributed by atoms with van der Waals surface area (Å²) >= 11 is 0. The highest BCUT2D eigenvalue weighted by atomic mass is 14.9. The number of fused-ring (bicyclic) bond motifs is 2. The number of rotatable bonds is 3. The van der Waals surface area contributed by atoms with Gasteiger partial charge in [-0.1, -0.05) is 25.1 Å². The molecular formula is C29H33N3. The van der Waals surface area contributed by atoms with Gasteiger partial charge in [0, 0.05) is 48.4 Å². The molecule has 3 heteroatoms. The van der Waals surface area contributed by atoms with Crippen LogP contribution in [-0.2, 0) is 19.4 Å². The fraction of sp³-hybridized carbons (Fsp3) is 0.379. The number of aromatic nitrogens is 2. The van der Waals surface area contributed by atoms with Gasteiger partial charge in [-0.05, 0) is 103 Å². The van der Waals surface area contributed by atoms with Gasteiger partial charge in [-0.15, -0.1) is 0 Å². The first kappa shape index (κ1) is 21.1. The standard InChI is InChI=1S/C29H33N3/c1-5-21-6-7-23-14-22(25-15-26-16-30-11-10-28(26)31-17-25)8-9-27(23)20(4)29(21)24-12-18(2)32-19(3)13-24/h8-9,12-15,17,21,30H,5-7,10-11,16H2,1-4H3. The van der Waals surface area contributed by atoms with Crippen LogP contribution in [-0.4, -0.2) is 16.5 Å². The van der Waals surface area contributed by atoms with Crippen LogP contribution >= 0.6 is 0 Å². The smallest absolute Gasteiger partial charge is 0.0461 e. The molecular weight excluding hydrogens is 390 g/mol. The predicted octanol–water partition coefficient (Wildman–Crippen LogP) is 6.31. The molecule has 1 aliphatic carbocycles. The second kappa shape index (κ2) is 8.63. The van der Waals surface area contributed by atoms with Crippen molar-refractivity contribution < 1.29 is 0 Å². The minimum Gasteiger partial charge on any atom is -0.312 e. The van der Waals surface area contributed by atoms with Crippen LogP contribution in [0.2, 0.25) is 0 Å². The number of nitrogens with one attached hydrogen (secondary N) is 1. The largest absolute Gasteiger partial charge is 0.312 e. The lowest BCUT2D eigenvalue weighted by Crippen LogP contribution is -2.24. The molecule has 1 unspecified atom stereocenters. The topological polar surface area (TPSA) is 37.8 Å². The molecule has 2 aliphatic rings. The fourth-order valence-corrected chi connectivity index (χ4v) is 5.63. The first-order chi connectivity index (χ1) is 15.5. The van der Waals surface area contributed by atoms with Gasteiger partial charge in [0.15, 0.2) is 0 Å². The molecule has 32 heavy (non-hydrogen) atoms. The number of benzene rings is 1. The highest BCUT2D eigenvalue weighted by Gasteiger charge is 2.24. The molecule has 0 bridgehead atoms. The summed E-state index contributed by atoms with van der Waals surface area (Å²) in [4.78, 5) is 9.39. The Balaban J connectivity index is 1.59. The van der Waals surface area contributed by atoms with Crippen molar-refractivity contribution in [3.63, 3.8) is 0 Å². The first-order valence-corrected chi connectivity index (χ1v) is 12.0. The third-order valence-corrected chi connectivity index (χ3v) is 7.22. The van der Waals surface area contributed by atoms with Crippen LogP contribution in [0.5, 0.6) is 0 Å². The van der Waals surface area contributed by atoms with Crippen LogP contribution in [0.25, 0.3) is 22.3 Å². The van der Waals surface area contributed by atoms with E-state index in [0.29, 0.717) is 5.92 Å². The van der Waals surface area contributed by atoms with E-state index in [2.05, 4.69) is 80.6 Å². The monoisotopic (exact) mass is 423 g/mol. The lowest BCUT2D eigenvalue weighted by atomic mass is 9.84. The average Bonchev–Trinajstić information content (AvgIpc) is 2.94. The number of pyridine rings is 2. The van der Waals surface area contributed by atoms with Gasteiger partial charge < -0.3 is 5.32 Å². The lowest BCUT2D eigenvalue weighted by Gasteiger charge is -2.21. The second-order valence-electron chi connectivity index (χ2n) is 9.45. The van der Waals surface area contributed by atoms with Crippen LogP contribution < -0.4 is 5.32 Å². The van der Waals surface area contributed by atoms with Gasteiger partial charge in [-0.3, -0.25) is 9.97 Å². The van der Waals surface area contributed by atoms with E-state index in [1.54, 1.807) is 0 Å². The number of hydrogen-bond donors (Lipinski definition) is 1. The predicted molar refractivity (Wildman–Crippen MR) is 133 cm³/mol. The molecule has 5 rings (SSSR count). The molecule has 3 heterocycles. The second-order valence-corrected chi connectivity index (χ2v) is 9.45. The molecule has 0 spiro atoms. The Morgan fingerprint density at radius 2 is 1.69 bits per heavy atom. The quantitative estimate of drug-likeness (QED) is 0.536. The third-order valence-electron chi connectivity index (χ3n) is 7.22. The molecule has 2 aromatic heterocycles. The zero-order valence-corrected chi connectivity index (χ0v) is 19.8. The van der Waals surface area contributed by atoms with E-state index in [-0.39, 0.29) is 0 Å². The normalized spacial score (nSPS) is 18.2. The third kappa shape index (κ3) is 3.91. The van der Waals surface area contributed by atoms with Crippen LogP contribution in [0.1, 0.15) is 66.0 Å². The first-order valence-electron chi connectivity index (χ1n) is 12.0. The maximum atomic E-state index is 4.78. The SMILES string of the molecule is CCC1CCc2cc(-c3cnc4c(c3)CNCC4)ccc2C(C)=C1c1cc(C)nc(C)c1. The van der Waals surface area contributed by atoms with E-state index in [4.69, 9.17) is 4.98 Å². The number of aryl methyl sites for hydroxylation is 3. The van der Waals surface area contributed by atoms with Crippen molar-refractivity contribution in [1.82, 2.24) is 15.3 Å². The summed E-state index contributed by atoms with van der Waals surface area (Å²) in [6, 6.07) is 13.9. The summed E-state index contributed by atoms with van der Waals surface area (Å²) < 4.78 is 0. The van der Waals surface area contributed by atoms with E-state index >= 15 is 0 Å². The Hall–Kier alpha value is -2.78. The van der Waals surface area contributed by atoms with E-state index in [0.717, 1.165) is 43.7 Å². The van der Waals surface area contributed by atoms with Gasteiger partial charge in [0.2, 0.25) is 0 Å². The molecule has 0 fully saturated rings. The van der Waals surface area contributed by atoms with Gasteiger partial charge in [0.25, 0.3) is 0 Å². The van der Waals surface area contributed by atoms with E-state index in [1.807, 2.05) is 0 Å². The van der Waals surface area contributed by atoms with Gasteiger partial charge in [0.05, 0.1) is 0 Å². The van der Waals surface area contributed by atoms with E-state index in [9.17, 15) is 0 Å².